The number of carbonyl (C=O) groups is 3. The molecule has 0 aromatic carbocycles. The molecular formula is C10H4F3N9O3S3. The molecule has 0 bridgehead atoms. The lowest BCUT2D eigenvalue weighted by atomic mass is 10.1. The highest BCUT2D eigenvalue weighted by Gasteiger charge is 2.46. The molecule has 3 heterocycles. The molecule has 3 aromatic heterocycles. The minimum Gasteiger partial charge on any atom is -0.270 e. The van der Waals surface area contributed by atoms with Crippen LogP contribution in [0.2, 0.25) is 0 Å². The van der Waals surface area contributed by atoms with Crippen LogP contribution in [-0.2, 0) is 14.4 Å². The van der Waals surface area contributed by atoms with E-state index in [1.165, 1.54) is 0 Å². The van der Waals surface area contributed by atoms with E-state index in [2.05, 4.69) is 28.8 Å². The van der Waals surface area contributed by atoms with Gasteiger partial charge in [0.2, 0.25) is 23.4 Å². The van der Waals surface area contributed by atoms with Gasteiger partial charge in [-0.1, -0.05) is 26.9 Å². The molecule has 12 nitrogen and oxygen atoms in total. The summed E-state index contributed by atoms with van der Waals surface area (Å²) in [4.78, 5) is 37.1. The second-order valence-corrected chi connectivity index (χ2v) is 6.41. The Morgan fingerprint density at radius 1 is 0.679 bits per heavy atom. The van der Waals surface area contributed by atoms with Gasteiger partial charge in [0.25, 0.3) is 17.7 Å². The molecule has 0 radical (unpaired) electrons. The third-order valence-electron chi connectivity index (χ3n) is 2.97. The second kappa shape index (κ2) is 8.27. The average Bonchev–Trinajstić information content (AvgIpc) is 3.47. The predicted molar refractivity (Wildman–Crippen MR) is 89.0 cm³/mol. The van der Waals surface area contributed by atoms with Gasteiger partial charge in [0.05, 0.1) is 16.1 Å². The molecule has 0 atom stereocenters. The summed E-state index contributed by atoms with van der Waals surface area (Å²) in [5.41, 5.74) is 0. The van der Waals surface area contributed by atoms with Crippen molar-refractivity contribution in [3.05, 3.63) is 16.1 Å². The van der Waals surface area contributed by atoms with Gasteiger partial charge in [-0.3, -0.25) is 14.4 Å². The van der Waals surface area contributed by atoms with Crippen LogP contribution >= 0.6 is 34.6 Å². The van der Waals surface area contributed by atoms with Crippen LogP contribution in [0.3, 0.4) is 0 Å². The van der Waals surface area contributed by atoms with Crippen molar-refractivity contribution in [3.63, 3.8) is 0 Å². The van der Waals surface area contributed by atoms with Crippen molar-refractivity contribution in [3.8, 4) is 0 Å². The van der Waals surface area contributed by atoms with Crippen LogP contribution in [0.4, 0.5) is 30.9 Å². The molecule has 0 saturated carbocycles. The zero-order valence-corrected chi connectivity index (χ0v) is 15.4. The molecule has 18 heteroatoms. The summed E-state index contributed by atoms with van der Waals surface area (Å²) in [6, 6.07) is 0. The number of hydrogen-bond acceptors (Lipinski definition) is 12. The molecule has 146 valence electrons. The fourth-order valence-corrected chi connectivity index (χ4v) is 2.97. The summed E-state index contributed by atoms with van der Waals surface area (Å²) < 4.78 is 52.8. The van der Waals surface area contributed by atoms with Crippen molar-refractivity contribution in [2.45, 2.75) is 0 Å². The minimum absolute atomic E-state index is 0.655. The van der Waals surface area contributed by atoms with E-state index < -0.39 is 56.5 Å². The molecule has 0 aliphatic rings. The lowest BCUT2D eigenvalue weighted by molar-refractivity contribution is -0.143. The first-order valence-electron chi connectivity index (χ1n) is 6.72. The van der Waals surface area contributed by atoms with Gasteiger partial charge in [0.15, 0.2) is 0 Å². The third kappa shape index (κ3) is 3.77. The van der Waals surface area contributed by atoms with Crippen LogP contribution in [-0.4, -0.2) is 46.5 Å². The van der Waals surface area contributed by atoms with Crippen molar-refractivity contribution in [1.82, 2.24) is 28.8 Å². The van der Waals surface area contributed by atoms with Crippen LogP contribution in [0.5, 0.6) is 0 Å². The highest BCUT2D eigenvalue weighted by molar-refractivity contribution is 7.04. The van der Waals surface area contributed by atoms with Gasteiger partial charge in [-0.15, -0.1) is 30.7 Å². The molecule has 3 aromatic rings. The Labute approximate surface area is 164 Å². The Balaban J connectivity index is 1.94. The SMILES string of the molecule is O=C(C(C(=O)N(F)c1csnn1)C(=O)N(F)c1csnn1)N(F)c1csnn1. The van der Waals surface area contributed by atoms with E-state index in [0.717, 1.165) is 16.1 Å². The van der Waals surface area contributed by atoms with E-state index in [0.29, 0.717) is 34.6 Å². The number of aromatic nitrogens is 6. The lowest BCUT2D eigenvalue weighted by Gasteiger charge is -2.20. The van der Waals surface area contributed by atoms with Crippen molar-refractivity contribution in [2.24, 2.45) is 5.92 Å². The van der Waals surface area contributed by atoms with E-state index in [4.69, 9.17) is 0 Å². The van der Waals surface area contributed by atoms with Crippen molar-refractivity contribution in [1.29, 1.82) is 0 Å². The number of halogens is 3. The summed E-state index contributed by atoms with van der Waals surface area (Å²) in [6.07, 6.45) is 0. The first-order valence-corrected chi connectivity index (χ1v) is 9.23. The monoisotopic (exact) mass is 451 g/mol. The fraction of sp³-hybridized carbons (Fsp3) is 0.100. The summed E-state index contributed by atoms with van der Waals surface area (Å²) in [7, 11) is 0. The Morgan fingerprint density at radius 3 is 1.18 bits per heavy atom. The van der Waals surface area contributed by atoms with E-state index in [-0.39, 0.29) is 0 Å². The van der Waals surface area contributed by atoms with E-state index in [9.17, 15) is 27.8 Å². The number of anilines is 3. The van der Waals surface area contributed by atoms with Gasteiger partial charge in [-0.05, 0) is 34.6 Å². The van der Waals surface area contributed by atoms with Crippen molar-refractivity contribution >= 4 is 69.8 Å². The molecule has 28 heavy (non-hydrogen) atoms. The highest BCUT2D eigenvalue weighted by atomic mass is 32.1. The molecule has 3 amide bonds. The maximum absolute atomic E-state index is 14.3. The molecular weight excluding hydrogens is 447 g/mol. The Bertz CT molecular complexity index is 831. The minimum atomic E-state index is -2.80. The number of amides is 3. The van der Waals surface area contributed by atoms with Gasteiger partial charge in [-0.25, -0.2) is 0 Å². The maximum Gasteiger partial charge on any atom is 0.279 e. The topological polar surface area (TPSA) is 138 Å². The van der Waals surface area contributed by atoms with Gasteiger partial charge >= 0.3 is 0 Å². The zero-order valence-electron chi connectivity index (χ0n) is 12.9. The Kier molecular flexibility index (Phi) is 5.80. The van der Waals surface area contributed by atoms with Gasteiger partial charge in [0, 0.05) is 0 Å². The van der Waals surface area contributed by atoms with Crippen molar-refractivity contribution in [2.75, 3.05) is 15.4 Å². The van der Waals surface area contributed by atoms with E-state index in [1.807, 2.05) is 0 Å². The number of rotatable bonds is 6. The molecule has 0 aliphatic carbocycles. The smallest absolute Gasteiger partial charge is 0.270 e. The van der Waals surface area contributed by atoms with Crippen LogP contribution in [0.1, 0.15) is 0 Å². The summed E-state index contributed by atoms with van der Waals surface area (Å²) in [6.45, 7) is 0. The van der Waals surface area contributed by atoms with Gasteiger partial charge in [-0.2, -0.15) is 0 Å². The quantitative estimate of drug-likeness (QED) is 0.395. The van der Waals surface area contributed by atoms with Crippen molar-refractivity contribution < 1.29 is 27.8 Å². The predicted octanol–water partition coefficient (Wildman–Crippen LogP) is 0.910. The third-order valence-corrected chi connectivity index (χ3v) is 4.45. The second-order valence-electron chi connectivity index (χ2n) is 4.58. The van der Waals surface area contributed by atoms with Crippen LogP contribution in [0.15, 0.2) is 16.1 Å². The van der Waals surface area contributed by atoms with Crippen LogP contribution < -0.4 is 15.4 Å². The van der Waals surface area contributed by atoms with E-state index >= 15 is 0 Å². The molecule has 0 saturated heterocycles. The first-order chi connectivity index (χ1) is 13.4. The number of carbonyl (C=O) groups excluding carboxylic acids is 3. The molecule has 0 N–H and O–H groups in total. The zero-order chi connectivity index (χ0) is 20.3. The Morgan fingerprint density at radius 2 is 0.964 bits per heavy atom. The summed E-state index contributed by atoms with van der Waals surface area (Å²) >= 11 is 1.96. The highest BCUT2D eigenvalue weighted by Crippen LogP contribution is 2.24. The van der Waals surface area contributed by atoms with Crippen LogP contribution in [0.25, 0.3) is 0 Å². The summed E-state index contributed by atoms with van der Waals surface area (Å²) in [5.74, 6) is -10.5. The Hall–Kier alpha value is -3.12. The lowest BCUT2D eigenvalue weighted by Crippen LogP contribution is -2.49. The van der Waals surface area contributed by atoms with Gasteiger partial charge < -0.3 is 0 Å². The maximum atomic E-state index is 14.3. The first kappa shape index (κ1) is 19.6. The molecule has 0 fully saturated rings. The van der Waals surface area contributed by atoms with Crippen LogP contribution in [0, 0.1) is 5.92 Å². The fourth-order valence-electron chi connectivity index (χ4n) is 1.73. The molecule has 0 aliphatic heterocycles. The molecule has 0 unspecified atom stereocenters. The summed E-state index contributed by atoms with van der Waals surface area (Å²) in [5, 5.41) is 10.5. The number of nitrogens with zero attached hydrogens (tertiary/aromatic N) is 9. The largest absolute Gasteiger partial charge is 0.279 e. The number of hydrogen-bond donors (Lipinski definition) is 0. The molecule has 3 rings (SSSR count). The average molecular weight is 451 g/mol. The van der Waals surface area contributed by atoms with Gasteiger partial charge in [0.1, 0.15) is 0 Å². The standard InChI is InChI=1S/C10H4F3N9O3S3/c11-20(4-1-26-17-14-4)8(23)7(9(24)21(12)5-2-27-18-15-5)10(25)22(13)6-3-28-19-16-6/h1-3,7H. The van der Waals surface area contributed by atoms with E-state index in [1.54, 1.807) is 0 Å². The normalized spacial score (nSPS) is 10.7. The molecule has 0 spiro atoms.